The number of aliphatic carboxylic acids is 1. The number of aryl methyl sites for hydroxylation is 1. The smallest absolute Gasteiger partial charge is 0.326 e. The molecule has 5 rings (SSSR count). The number of halogens is 1. The first-order valence-electron chi connectivity index (χ1n) is 16.8. The van der Waals surface area contributed by atoms with Crippen molar-refractivity contribution >= 4 is 11.9 Å². The Morgan fingerprint density at radius 1 is 1.12 bits per heavy atom. The van der Waals surface area contributed by atoms with Crippen LogP contribution in [0.3, 0.4) is 0 Å². The molecule has 1 unspecified atom stereocenters. The summed E-state index contributed by atoms with van der Waals surface area (Å²) in [5, 5.41) is 42.6. The van der Waals surface area contributed by atoms with E-state index < -0.39 is 12.0 Å². The van der Waals surface area contributed by atoms with Crippen molar-refractivity contribution in [1.82, 2.24) is 20.3 Å². The molecule has 4 saturated carbocycles. The van der Waals surface area contributed by atoms with Crippen molar-refractivity contribution in [3.8, 4) is 0 Å². The fraction of sp³-hybridized carbons (Fsp3) is 0.879. The van der Waals surface area contributed by atoms with Crippen LogP contribution in [0.4, 0.5) is 4.39 Å². The number of carbonyl (C=O) groups excluding carboxylic acids is 1. The number of carboxylic acids is 1. The average molecular weight is 605 g/mol. The van der Waals surface area contributed by atoms with Crippen LogP contribution < -0.4 is 5.32 Å². The second-order valence-corrected chi connectivity index (χ2v) is 14.9. The Balaban J connectivity index is 1.16. The molecule has 1 aromatic rings. The van der Waals surface area contributed by atoms with Crippen LogP contribution in [0, 0.1) is 46.3 Å². The van der Waals surface area contributed by atoms with E-state index >= 15 is 0 Å². The summed E-state index contributed by atoms with van der Waals surface area (Å²) in [5.41, 5.74) is 0.507. The number of carboxylic acid groups (broad SMARTS) is 1. The lowest BCUT2D eigenvalue weighted by molar-refractivity contribution is -0.175. The lowest BCUT2D eigenvalue weighted by atomic mass is 9.43. The van der Waals surface area contributed by atoms with E-state index in [4.69, 9.17) is 0 Å². The van der Waals surface area contributed by atoms with Gasteiger partial charge in [-0.25, -0.2) is 4.79 Å². The lowest BCUT2D eigenvalue weighted by Crippen LogP contribution is -2.58. The van der Waals surface area contributed by atoms with Gasteiger partial charge in [-0.1, -0.05) is 26.0 Å². The molecule has 43 heavy (non-hydrogen) atoms. The summed E-state index contributed by atoms with van der Waals surface area (Å²) in [4.78, 5) is 24.9. The minimum Gasteiger partial charge on any atom is -0.480 e. The monoisotopic (exact) mass is 604 g/mol. The second kappa shape index (κ2) is 13.1. The first kappa shape index (κ1) is 32.3. The van der Waals surface area contributed by atoms with Crippen molar-refractivity contribution in [2.24, 2.45) is 46.3 Å². The molecule has 4 N–H and O–H groups in total. The summed E-state index contributed by atoms with van der Waals surface area (Å²) in [6.45, 7) is 7.06. The molecule has 0 bridgehead atoms. The molecule has 11 atom stereocenters. The van der Waals surface area contributed by atoms with Crippen molar-refractivity contribution in [1.29, 1.82) is 0 Å². The topological polar surface area (TPSA) is 138 Å². The summed E-state index contributed by atoms with van der Waals surface area (Å²) in [5.74, 6) is 1.31. The lowest BCUT2D eigenvalue weighted by Gasteiger charge is -2.62. The SMILES string of the molecule is C[C@H](CCC(=O)NC(Cc1cn(CCCCF)nn1)C(=O)O)[C@H]1CC[C@H]2[C@@H]3CC[C@@H]4C[C@H](O)CC[C@]4(C)[C@H]3C[C@H](O)[C@]12C. The number of hydrogen-bond acceptors (Lipinski definition) is 6. The van der Waals surface area contributed by atoms with Gasteiger partial charge in [-0.2, -0.15) is 0 Å². The third-order valence-corrected chi connectivity index (χ3v) is 12.7. The van der Waals surface area contributed by atoms with Crippen LogP contribution in [0.1, 0.15) is 104 Å². The minimum absolute atomic E-state index is 0.0373. The first-order valence-corrected chi connectivity index (χ1v) is 16.8. The van der Waals surface area contributed by atoms with E-state index in [-0.39, 0.29) is 54.4 Å². The van der Waals surface area contributed by atoms with E-state index in [1.807, 2.05) is 0 Å². The van der Waals surface area contributed by atoms with Crippen LogP contribution in [-0.2, 0) is 22.6 Å². The Hall–Kier alpha value is -2.07. The third kappa shape index (κ3) is 6.37. The van der Waals surface area contributed by atoms with Crippen LogP contribution in [0.15, 0.2) is 6.20 Å². The van der Waals surface area contributed by atoms with Gasteiger partial charge < -0.3 is 20.6 Å². The van der Waals surface area contributed by atoms with Gasteiger partial charge in [-0.05, 0) is 117 Å². The quantitative estimate of drug-likeness (QED) is 0.257. The molecular formula is C33H53FN4O5. The zero-order valence-corrected chi connectivity index (χ0v) is 26.3. The summed E-state index contributed by atoms with van der Waals surface area (Å²) < 4.78 is 13.9. The van der Waals surface area contributed by atoms with E-state index in [1.165, 1.54) is 12.8 Å². The molecule has 9 nitrogen and oxygen atoms in total. The molecule has 0 aromatic carbocycles. The number of alkyl halides is 1. The molecule has 1 aromatic heterocycles. The fourth-order valence-corrected chi connectivity index (χ4v) is 10.3. The van der Waals surface area contributed by atoms with Crippen molar-refractivity contribution in [3.05, 3.63) is 11.9 Å². The number of aromatic nitrogens is 3. The average Bonchev–Trinajstić information content (AvgIpc) is 3.57. The summed E-state index contributed by atoms with van der Waals surface area (Å²) >= 11 is 0. The number of aliphatic hydroxyl groups is 2. The van der Waals surface area contributed by atoms with Gasteiger partial charge in [0, 0.05) is 25.6 Å². The van der Waals surface area contributed by atoms with Gasteiger partial charge in [-0.15, -0.1) is 5.10 Å². The zero-order valence-electron chi connectivity index (χ0n) is 26.3. The maximum atomic E-state index is 12.9. The Morgan fingerprint density at radius 2 is 1.91 bits per heavy atom. The third-order valence-electron chi connectivity index (χ3n) is 12.7. The number of rotatable bonds is 12. The molecular weight excluding hydrogens is 551 g/mol. The molecule has 0 radical (unpaired) electrons. The van der Waals surface area contributed by atoms with Gasteiger partial charge >= 0.3 is 5.97 Å². The highest BCUT2D eigenvalue weighted by Gasteiger charge is 2.63. The van der Waals surface area contributed by atoms with Gasteiger partial charge in [0.05, 0.1) is 24.6 Å². The highest BCUT2D eigenvalue weighted by molar-refractivity contribution is 5.83. The van der Waals surface area contributed by atoms with E-state index in [0.717, 1.165) is 38.5 Å². The van der Waals surface area contributed by atoms with Crippen molar-refractivity contribution < 1.29 is 29.3 Å². The molecule has 4 fully saturated rings. The van der Waals surface area contributed by atoms with Crippen molar-refractivity contribution in [2.75, 3.05) is 6.67 Å². The Kier molecular flexibility index (Phi) is 9.86. The predicted molar refractivity (Wildman–Crippen MR) is 160 cm³/mol. The molecule has 0 saturated heterocycles. The number of carbonyl (C=O) groups is 2. The molecule has 4 aliphatic rings. The van der Waals surface area contributed by atoms with E-state index in [9.17, 15) is 29.3 Å². The highest BCUT2D eigenvalue weighted by Crippen LogP contribution is 2.68. The number of fused-ring (bicyclic) bond motifs is 5. The van der Waals surface area contributed by atoms with E-state index in [2.05, 4.69) is 36.4 Å². The van der Waals surface area contributed by atoms with Gasteiger partial charge in [0.2, 0.25) is 5.91 Å². The van der Waals surface area contributed by atoms with Crippen LogP contribution in [0.25, 0.3) is 0 Å². The molecule has 242 valence electrons. The maximum absolute atomic E-state index is 12.9. The molecule has 0 spiro atoms. The van der Waals surface area contributed by atoms with Crippen LogP contribution in [0.5, 0.6) is 0 Å². The predicted octanol–water partition coefficient (Wildman–Crippen LogP) is 4.55. The molecule has 4 aliphatic carbocycles. The summed E-state index contributed by atoms with van der Waals surface area (Å²) in [6, 6.07) is -1.10. The van der Waals surface area contributed by atoms with Crippen LogP contribution in [-0.4, -0.2) is 67.1 Å². The van der Waals surface area contributed by atoms with Crippen molar-refractivity contribution in [2.45, 2.75) is 129 Å². The number of amides is 1. The fourth-order valence-electron chi connectivity index (χ4n) is 10.3. The Morgan fingerprint density at radius 3 is 2.65 bits per heavy atom. The summed E-state index contributed by atoms with van der Waals surface area (Å²) in [6.07, 6.45) is 11.3. The summed E-state index contributed by atoms with van der Waals surface area (Å²) in [7, 11) is 0. The molecule has 0 aliphatic heterocycles. The molecule has 1 amide bonds. The second-order valence-electron chi connectivity index (χ2n) is 14.9. The van der Waals surface area contributed by atoms with Gasteiger partial charge in [-0.3, -0.25) is 13.9 Å². The van der Waals surface area contributed by atoms with Gasteiger partial charge in [0.25, 0.3) is 0 Å². The number of nitrogens with one attached hydrogen (secondary N) is 1. The zero-order chi connectivity index (χ0) is 30.9. The Labute approximate surface area is 255 Å². The van der Waals surface area contributed by atoms with E-state index in [0.29, 0.717) is 61.1 Å². The number of hydrogen-bond donors (Lipinski definition) is 4. The minimum atomic E-state index is -1.12. The standard InChI is InChI=1S/C33H53FN4O5/c1-20(6-11-30(41)35-28(31(42)43)17-22-19-38(37-36-22)15-5-4-14-34)25-9-10-26-24-8-7-21-16-23(39)12-13-32(21,2)27(24)18-29(40)33(25,26)3/h19-21,23-29,39-40H,4-18H2,1-3H3,(H,35,41)(H,42,43)/t20-,21-,23-,24+,25-,26+,27+,28?,29+,32+,33-/m1/s1. The molecule has 1 heterocycles. The van der Waals surface area contributed by atoms with Gasteiger partial charge in [0.15, 0.2) is 0 Å². The van der Waals surface area contributed by atoms with E-state index in [1.54, 1.807) is 10.9 Å². The van der Waals surface area contributed by atoms with Crippen LogP contribution in [0.2, 0.25) is 0 Å². The normalized spacial score (nSPS) is 38.4. The number of nitrogens with zero attached hydrogens (tertiary/aromatic N) is 3. The van der Waals surface area contributed by atoms with Gasteiger partial charge in [0.1, 0.15) is 6.04 Å². The van der Waals surface area contributed by atoms with Crippen LogP contribution >= 0.6 is 0 Å². The number of aliphatic hydroxyl groups excluding tert-OH is 2. The number of unbranched alkanes of at least 4 members (excludes halogenated alkanes) is 1. The van der Waals surface area contributed by atoms with Crippen molar-refractivity contribution in [3.63, 3.8) is 0 Å². The highest BCUT2D eigenvalue weighted by atomic mass is 19.1. The Bertz CT molecular complexity index is 1130. The maximum Gasteiger partial charge on any atom is 0.326 e. The molecule has 10 heteroatoms. The first-order chi connectivity index (χ1) is 20.5. The largest absolute Gasteiger partial charge is 0.480 e.